The molecule has 1 aromatic rings. The van der Waals surface area contributed by atoms with Gasteiger partial charge in [0, 0.05) is 6.04 Å². The van der Waals surface area contributed by atoms with Gasteiger partial charge in [0.15, 0.2) is 0 Å². The van der Waals surface area contributed by atoms with Gasteiger partial charge in [0.1, 0.15) is 0 Å². The van der Waals surface area contributed by atoms with Crippen molar-refractivity contribution in [1.29, 1.82) is 5.26 Å². The molecule has 1 unspecified atom stereocenters. The van der Waals surface area contributed by atoms with Crippen LogP contribution in [0.4, 0.5) is 0 Å². The minimum Gasteiger partial charge on any atom is -0.466 e. The Kier molecular flexibility index (Phi) is 5.29. The molecule has 1 rings (SSSR count). The molecule has 0 spiro atoms. The van der Waals surface area contributed by atoms with Crippen molar-refractivity contribution in [3.63, 3.8) is 0 Å². The van der Waals surface area contributed by atoms with Gasteiger partial charge >= 0.3 is 5.97 Å². The maximum absolute atomic E-state index is 11.5. The first-order valence-electron chi connectivity index (χ1n) is 6.74. The number of carbonyl (C=O) groups excluding carboxylic acids is 1. The van der Waals surface area contributed by atoms with Gasteiger partial charge in [-0.15, -0.1) is 0 Å². The molecule has 1 atom stereocenters. The van der Waals surface area contributed by atoms with Crippen LogP contribution in [-0.2, 0) is 14.9 Å². The number of esters is 1. The van der Waals surface area contributed by atoms with Crippen LogP contribution in [0.5, 0.6) is 0 Å². The molecule has 20 heavy (non-hydrogen) atoms. The summed E-state index contributed by atoms with van der Waals surface area (Å²) < 4.78 is 4.90. The monoisotopic (exact) mass is 274 g/mol. The highest BCUT2D eigenvalue weighted by Crippen LogP contribution is 2.27. The van der Waals surface area contributed by atoms with Crippen molar-refractivity contribution in [2.24, 2.45) is 5.73 Å². The highest BCUT2D eigenvalue weighted by molar-refractivity contribution is 5.70. The molecular formula is C16H22N2O2. The number of hydrogen-bond donors (Lipinski definition) is 1. The second-order valence-corrected chi connectivity index (χ2v) is 5.82. The Labute approximate surface area is 120 Å². The van der Waals surface area contributed by atoms with Gasteiger partial charge in [0.2, 0.25) is 0 Å². The maximum atomic E-state index is 11.5. The summed E-state index contributed by atoms with van der Waals surface area (Å²) in [5.74, 6) is -0.320. The quantitative estimate of drug-likeness (QED) is 0.856. The summed E-state index contributed by atoms with van der Waals surface area (Å²) in [4.78, 5) is 11.5. The van der Waals surface area contributed by atoms with Gasteiger partial charge in [0.05, 0.1) is 24.7 Å². The van der Waals surface area contributed by atoms with E-state index in [1.165, 1.54) is 0 Å². The Hall–Kier alpha value is -1.86. The SMILES string of the molecule is CCOC(=O)CC(N)c1cc(C#N)cc(C(C)(C)C)c1. The smallest absolute Gasteiger partial charge is 0.307 e. The van der Waals surface area contributed by atoms with E-state index in [2.05, 4.69) is 26.8 Å². The highest BCUT2D eigenvalue weighted by atomic mass is 16.5. The predicted molar refractivity (Wildman–Crippen MR) is 78.0 cm³/mol. The molecule has 0 fully saturated rings. The minimum absolute atomic E-state index is 0.0781. The summed E-state index contributed by atoms with van der Waals surface area (Å²) in [5, 5.41) is 9.12. The third-order valence-corrected chi connectivity index (χ3v) is 3.07. The zero-order chi connectivity index (χ0) is 15.3. The predicted octanol–water partition coefficient (Wildman–Crippen LogP) is 2.81. The molecule has 0 saturated heterocycles. The number of nitriles is 1. The average molecular weight is 274 g/mol. The Balaban J connectivity index is 3.06. The molecule has 0 aliphatic heterocycles. The fourth-order valence-corrected chi connectivity index (χ4v) is 1.88. The summed E-state index contributed by atoms with van der Waals surface area (Å²) in [6.45, 7) is 8.33. The second-order valence-electron chi connectivity index (χ2n) is 5.82. The minimum atomic E-state index is -0.455. The first-order chi connectivity index (χ1) is 9.27. The van der Waals surface area contributed by atoms with Crippen LogP contribution in [-0.4, -0.2) is 12.6 Å². The first kappa shape index (κ1) is 16.2. The molecule has 4 nitrogen and oxygen atoms in total. The summed E-state index contributed by atoms with van der Waals surface area (Å²) >= 11 is 0. The molecule has 0 saturated carbocycles. The van der Waals surface area contributed by atoms with Gasteiger partial charge in [-0.3, -0.25) is 4.79 Å². The Morgan fingerprint density at radius 1 is 1.40 bits per heavy atom. The van der Waals surface area contributed by atoms with Crippen LogP contribution in [0.15, 0.2) is 18.2 Å². The van der Waals surface area contributed by atoms with E-state index in [1.807, 2.05) is 12.1 Å². The van der Waals surface area contributed by atoms with Crippen molar-refractivity contribution in [3.05, 3.63) is 34.9 Å². The van der Waals surface area contributed by atoms with E-state index in [0.717, 1.165) is 11.1 Å². The van der Waals surface area contributed by atoms with E-state index in [-0.39, 0.29) is 17.8 Å². The van der Waals surface area contributed by atoms with E-state index in [0.29, 0.717) is 12.2 Å². The number of ether oxygens (including phenoxy) is 1. The Morgan fingerprint density at radius 3 is 2.55 bits per heavy atom. The van der Waals surface area contributed by atoms with Crippen LogP contribution in [0.2, 0.25) is 0 Å². The van der Waals surface area contributed by atoms with Crippen molar-refractivity contribution in [2.75, 3.05) is 6.61 Å². The van der Waals surface area contributed by atoms with Crippen LogP contribution in [0.25, 0.3) is 0 Å². The fourth-order valence-electron chi connectivity index (χ4n) is 1.88. The molecule has 4 heteroatoms. The lowest BCUT2D eigenvalue weighted by molar-refractivity contribution is -0.143. The lowest BCUT2D eigenvalue weighted by Gasteiger charge is -2.22. The zero-order valence-electron chi connectivity index (χ0n) is 12.6. The van der Waals surface area contributed by atoms with Crippen molar-refractivity contribution >= 4 is 5.97 Å². The third-order valence-electron chi connectivity index (χ3n) is 3.07. The largest absolute Gasteiger partial charge is 0.466 e. The number of benzene rings is 1. The number of hydrogen-bond acceptors (Lipinski definition) is 4. The van der Waals surface area contributed by atoms with Gasteiger partial charge in [0.25, 0.3) is 0 Å². The standard InChI is InChI=1S/C16H22N2O2/c1-5-20-15(19)9-14(18)12-6-11(10-17)7-13(8-12)16(2,3)4/h6-8,14H,5,9,18H2,1-4H3. The maximum Gasteiger partial charge on any atom is 0.307 e. The molecule has 108 valence electrons. The molecule has 0 aromatic heterocycles. The molecule has 0 aliphatic rings. The molecule has 0 heterocycles. The van der Waals surface area contributed by atoms with E-state index in [9.17, 15) is 4.79 Å². The lowest BCUT2D eigenvalue weighted by Crippen LogP contribution is -2.19. The molecule has 2 N–H and O–H groups in total. The molecule has 0 amide bonds. The number of nitrogens with zero attached hydrogens (tertiary/aromatic N) is 1. The van der Waals surface area contributed by atoms with Crippen LogP contribution in [0, 0.1) is 11.3 Å². The number of carbonyl (C=O) groups is 1. The fraction of sp³-hybridized carbons (Fsp3) is 0.500. The molecule has 0 radical (unpaired) electrons. The number of nitrogens with two attached hydrogens (primary N) is 1. The van der Waals surface area contributed by atoms with Crippen LogP contribution >= 0.6 is 0 Å². The second kappa shape index (κ2) is 6.53. The Bertz CT molecular complexity index is 524. The van der Waals surface area contributed by atoms with E-state index in [4.69, 9.17) is 15.7 Å². The molecular weight excluding hydrogens is 252 g/mol. The zero-order valence-corrected chi connectivity index (χ0v) is 12.6. The van der Waals surface area contributed by atoms with Gasteiger partial charge in [-0.05, 0) is 35.6 Å². The third kappa shape index (κ3) is 4.36. The van der Waals surface area contributed by atoms with Gasteiger partial charge < -0.3 is 10.5 Å². The van der Waals surface area contributed by atoms with E-state index in [1.54, 1.807) is 13.0 Å². The van der Waals surface area contributed by atoms with Gasteiger partial charge in [-0.2, -0.15) is 5.26 Å². The summed E-state index contributed by atoms with van der Waals surface area (Å²) in [6, 6.07) is 7.25. The average Bonchev–Trinajstić information content (AvgIpc) is 2.37. The summed E-state index contributed by atoms with van der Waals surface area (Å²) in [5.41, 5.74) is 8.36. The van der Waals surface area contributed by atoms with Gasteiger partial charge in [-0.1, -0.05) is 26.8 Å². The Morgan fingerprint density at radius 2 is 2.05 bits per heavy atom. The topological polar surface area (TPSA) is 76.1 Å². The van der Waals surface area contributed by atoms with Gasteiger partial charge in [-0.25, -0.2) is 0 Å². The van der Waals surface area contributed by atoms with Crippen molar-refractivity contribution < 1.29 is 9.53 Å². The van der Waals surface area contributed by atoms with Crippen molar-refractivity contribution in [2.45, 2.75) is 45.6 Å². The normalized spacial score (nSPS) is 12.6. The first-order valence-corrected chi connectivity index (χ1v) is 6.74. The van der Waals surface area contributed by atoms with Crippen molar-refractivity contribution in [3.8, 4) is 6.07 Å². The number of rotatable bonds is 4. The highest BCUT2D eigenvalue weighted by Gasteiger charge is 2.19. The summed E-state index contributed by atoms with van der Waals surface area (Å²) in [6.07, 6.45) is 0.117. The van der Waals surface area contributed by atoms with Crippen molar-refractivity contribution in [1.82, 2.24) is 0 Å². The molecule has 0 aliphatic carbocycles. The molecule has 0 bridgehead atoms. The molecule has 1 aromatic carbocycles. The van der Waals surface area contributed by atoms with Crippen LogP contribution in [0.3, 0.4) is 0 Å². The summed E-state index contributed by atoms with van der Waals surface area (Å²) in [7, 11) is 0. The van der Waals surface area contributed by atoms with Crippen LogP contribution in [0.1, 0.15) is 56.8 Å². The van der Waals surface area contributed by atoms with Crippen LogP contribution < -0.4 is 5.73 Å². The van der Waals surface area contributed by atoms with E-state index >= 15 is 0 Å². The lowest BCUT2D eigenvalue weighted by atomic mass is 9.84. The van der Waals surface area contributed by atoms with E-state index < -0.39 is 6.04 Å².